The summed E-state index contributed by atoms with van der Waals surface area (Å²) in [4.78, 5) is 87.3. The lowest BCUT2D eigenvalue weighted by molar-refractivity contribution is -0.122. The highest BCUT2D eigenvalue weighted by atomic mass is 32.2. The Morgan fingerprint density at radius 2 is 0.762 bits per heavy atom. The van der Waals surface area contributed by atoms with Gasteiger partial charge in [-0.15, -0.1) is 0 Å². The van der Waals surface area contributed by atoms with Gasteiger partial charge >= 0.3 is 12.1 Å². The molecular formula is C55H92N10O13S2. The van der Waals surface area contributed by atoms with Gasteiger partial charge in [-0.1, -0.05) is 25.7 Å². The largest absolute Gasteiger partial charge is 0.379 e. The summed E-state index contributed by atoms with van der Waals surface area (Å²) < 4.78 is 33.7. The SMILES string of the molecule is NCCCCCCNC(=O)c1cc(C(=O)NCCCOCCOCCOCCCNC(=O)CCCCC2SCC3NC(=O)NC32)cc(C(=O)NCCCOCCOCCOCCCNC(=O)CCCCC2SCC3NC(=O)NC32)c1. The third-order valence-corrected chi connectivity index (χ3v) is 16.9. The van der Waals surface area contributed by atoms with Gasteiger partial charge in [0.1, 0.15) is 0 Å². The first-order valence-electron chi connectivity index (χ1n) is 29.2. The number of carbonyl (C=O) groups is 7. The lowest BCUT2D eigenvalue weighted by atomic mass is 10.0. The van der Waals surface area contributed by atoms with Gasteiger partial charge in [-0.3, -0.25) is 24.0 Å². The lowest BCUT2D eigenvalue weighted by Crippen LogP contribution is -2.36. The summed E-state index contributed by atoms with van der Waals surface area (Å²) in [6.07, 6.45) is 12.7. The van der Waals surface area contributed by atoms with Gasteiger partial charge in [0.15, 0.2) is 0 Å². The monoisotopic (exact) mass is 1160 g/mol. The topological polar surface area (TPSA) is 309 Å². The standard InChI is InChI=1S/C55H92N10O13S2/c56-17-7-1-2-8-18-59-51(68)40-35-41(52(69)60-21-11-25-75-29-33-77-31-27-73-23-9-19-57-47(66)15-5-3-13-45-49-43(38-79-45)62-54(71)64-49)37-42(36-40)53(70)61-22-12-26-76-30-34-78-32-28-74-24-10-20-58-48(67)16-6-4-14-46-50-44(39-80-46)63-55(72)65-50/h35-37,43-46,49-50H,1-34,38-39,56H2,(H,57,66)(H,58,67)(H,59,68)(H,60,69)(H,61,70)(H2,62,64,71)(H2,63,65,72). The second kappa shape index (κ2) is 40.7. The fourth-order valence-corrected chi connectivity index (χ4v) is 12.6. The van der Waals surface area contributed by atoms with Crippen LogP contribution in [-0.4, -0.2) is 206 Å². The van der Waals surface area contributed by atoms with Crippen LogP contribution in [0.4, 0.5) is 9.59 Å². The fourth-order valence-electron chi connectivity index (χ4n) is 9.52. The van der Waals surface area contributed by atoms with Crippen molar-refractivity contribution in [2.24, 2.45) is 5.73 Å². The van der Waals surface area contributed by atoms with Crippen LogP contribution in [0.15, 0.2) is 18.2 Å². The molecule has 0 saturated carbocycles. The number of hydrogen-bond donors (Lipinski definition) is 10. The molecule has 1 aromatic carbocycles. The van der Waals surface area contributed by atoms with Gasteiger partial charge in [0.25, 0.3) is 17.7 Å². The van der Waals surface area contributed by atoms with E-state index in [4.69, 9.17) is 34.2 Å². The van der Waals surface area contributed by atoms with E-state index in [1.54, 1.807) is 0 Å². The minimum atomic E-state index is -0.413. The first-order chi connectivity index (χ1) is 39.1. The highest BCUT2D eigenvalue weighted by Crippen LogP contribution is 2.34. The predicted octanol–water partition coefficient (Wildman–Crippen LogP) is 2.74. The summed E-state index contributed by atoms with van der Waals surface area (Å²) in [5.74, 6) is 0.779. The zero-order valence-electron chi connectivity index (χ0n) is 46.9. The van der Waals surface area contributed by atoms with Gasteiger partial charge in [0.05, 0.1) is 77.0 Å². The van der Waals surface area contributed by atoms with E-state index >= 15 is 0 Å². The summed E-state index contributed by atoms with van der Waals surface area (Å²) in [5.41, 5.74) is 6.20. The molecule has 80 heavy (non-hydrogen) atoms. The van der Waals surface area contributed by atoms with E-state index < -0.39 is 11.8 Å². The maximum atomic E-state index is 13.3. The van der Waals surface area contributed by atoms with E-state index in [9.17, 15) is 33.6 Å². The van der Waals surface area contributed by atoms with Crippen molar-refractivity contribution in [3.8, 4) is 0 Å². The van der Waals surface area contributed by atoms with Crippen molar-refractivity contribution in [1.29, 1.82) is 0 Å². The van der Waals surface area contributed by atoms with Crippen LogP contribution in [0, 0.1) is 0 Å². The quantitative estimate of drug-likeness (QED) is 0.0332. The Morgan fingerprint density at radius 3 is 1.14 bits per heavy atom. The van der Waals surface area contributed by atoms with Crippen LogP contribution in [-0.2, 0) is 38.0 Å². The second-order valence-corrected chi connectivity index (χ2v) is 22.8. The minimum absolute atomic E-state index is 0.0467. The molecule has 452 valence electrons. The summed E-state index contributed by atoms with van der Waals surface area (Å²) in [6.45, 7) is 7.93. The van der Waals surface area contributed by atoms with Crippen molar-refractivity contribution in [2.75, 3.05) is 130 Å². The van der Waals surface area contributed by atoms with Crippen LogP contribution in [0.2, 0.25) is 0 Å². The number of amides is 9. The van der Waals surface area contributed by atoms with Crippen molar-refractivity contribution in [2.45, 2.75) is 137 Å². The number of thioether (sulfide) groups is 2. The Hall–Kier alpha value is -4.47. The zero-order valence-corrected chi connectivity index (χ0v) is 48.5. The smallest absolute Gasteiger partial charge is 0.315 e. The van der Waals surface area contributed by atoms with Crippen molar-refractivity contribution < 1.29 is 62.0 Å². The first kappa shape index (κ1) is 66.3. The number of rotatable bonds is 47. The number of unbranched alkanes of at least 4 members (excludes halogenated alkanes) is 5. The van der Waals surface area contributed by atoms with Gasteiger partial charge in [-0.05, 0) is 89.0 Å². The number of fused-ring (bicyclic) bond motifs is 2. The van der Waals surface area contributed by atoms with E-state index in [0.717, 1.165) is 75.7 Å². The van der Waals surface area contributed by atoms with E-state index in [2.05, 4.69) is 47.9 Å². The normalized spacial score (nSPS) is 19.8. The molecule has 6 atom stereocenters. The number of nitrogens with two attached hydrogens (primary N) is 1. The Labute approximate surface area is 481 Å². The van der Waals surface area contributed by atoms with Gasteiger partial charge in [-0.2, -0.15) is 23.5 Å². The molecule has 4 fully saturated rings. The number of carbonyl (C=O) groups excluding carboxylic acids is 7. The molecule has 4 saturated heterocycles. The van der Waals surface area contributed by atoms with Crippen LogP contribution in [0.1, 0.15) is 134 Å². The molecule has 6 unspecified atom stereocenters. The van der Waals surface area contributed by atoms with Gasteiger partial charge in [0.2, 0.25) is 11.8 Å². The molecule has 9 amide bonds. The number of nitrogens with one attached hydrogen (secondary N) is 9. The predicted molar refractivity (Wildman–Crippen MR) is 308 cm³/mol. The van der Waals surface area contributed by atoms with E-state index in [1.165, 1.54) is 18.2 Å². The Bertz CT molecular complexity index is 1900. The van der Waals surface area contributed by atoms with Crippen LogP contribution < -0.4 is 53.6 Å². The highest BCUT2D eigenvalue weighted by molar-refractivity contribution is 8.00. The number of hydrogen-bond acceptors (Lipinski definition) is 16. The molecule has 0 aromatic heterocycles. The first-order valence-corrected chi connectivity index (χ1v) is 31.3. The molecule has 4 aliphatic heterocycles. The van der Waals surface area contributed by atoms with Gasteiger partial charge < -0.3 is 82.0 Å². The van der Waals surface area contributed by atoms with Crippen molar-refractivity contribution in [3.63, 3.8) is 0 Å². The summed E-state index contributed by atoms with van der Waals surface area (Å²) in [6, 6.07) is 5.17. The Balaban J connectivity index is 0.825. The maximum absolute atomic E-state index is 13.3. The van der Waals surface area contributed by atoms with Crippen molar-refractivity contribution in [1.82, 2.24) is 47.9 Å². The molecule has 0 aliphatic carbocycles. The van der Waals surface area contributed by atoms with Crippen LogP contribution >= 0.6 is 23.5 Å². The molecule has 1 aromatic rings. The zero-order chi connectivity index (χ0) is 56.8. The molecule has 4 heterocycles. The summed E-state index contributed by atoms with van der Waals surface area (Å²) >= 11 is 3.78. The van der Waals surface area contributed by atoms with E-state index in [1.807, 2.05) is 23.5 Å². The summed E-state index contributed by atoms with van der Waals surface area (Å²) in [7, 11) is 0. The molecular weight excluding hydrogens is 1070 g/mol. The number of urea groups is 2. The van der Waals surface area contributed by atoms with Crippen LogP contribution in [0.25, 0.3) is 0 Å². The lowest BCUT2D eigenvalue weighted by Gasteiger charge is -2.16. The van der Waals surface area contributed by atoms with Crippen molar-refractivity contribution in [3.05, 3.63) is 34.9 Å². The maximum Gasteiger partial charge on any atom is 0.315 e. The Morgan fingerprint density at radius 1 is 0.425 bits per heavy atom. The fraction of sp³-hybridized carbons (Fsp3) is 0.764. The molecule has 0 bridgehead atoms. The average Bonchev–Trinajstić information content (AvgIpc) is 4.23. The molecule has 5 rings (SSSR count). The third-order valence-electron chi connectivity index (χ3n) is 13.9. The molecule has 4 aliphatic rings. The molecule has 0 spiro atoms. The van der Waals surface area contributed by atoms with Gasteiger partial charge in [0, 0.05) is 111 Å². The number of ether oxygens (including phenoxy) is 6. The minimum Gasteiger partial charge on any atom is -0.379 e. The van der Waals surface area contributed by atoms with Crippen LogP contribution in [0.3, 0.4) is 0 Å². The van der Waals surface area contributed by atoms with Crippen LogP contribution in [0.5, 0.6) is 0 Å². The van der Waals surface area contributed by atoms with Crippen molar-refractivity contribution >= 4 is 65.1 Å². The highest BCUT2D eigenvalue weighted by Gasteiger charge is 2.43. The molecule has 25 heteroatoms. The average molecular weight is 1170 g/mol. The molecule has 0 radical (unpaired) electrons. The van der Waals surface area contributed by atoms with E-state index in [0.29, 0.717) is 168 Å². The second-order valence-electron chi connectivity index (χ2n) is 20.3. The summed E-state index contributed by atoms with van der Waals surface area (Å²) in [5, 5.41) is 27.3. The third kappa shape index (κ3) is 27.1. The van der Waals surface area contributed by atoms with E-state index in [-0.39, 0.29) is 70.6 Å². The number of benzene rings is 1. The molecule has 23 nitrogen and oxygen atoms in total. The Kier molecular flexibility index (Phi) is 33.7. The molecule has 11 N–H and O–H groups in total. The van der Waals surface area contributed by atoms with Gasteiger partial charge in [-0.25, -0.2) is 9.59 Å².